The van der Waals surface area contributed by atoms with Gasteiger partial charge in [-0.3, -0.25) is 0 Å². The zero-order valence-corrected chi connectivity index (χ0v) is 7.82. The number of carboxylic acid groups (broad SMARTS) is 1. The fourth-order valence-electron chi connectivity index (χ4n) is 0.926. The molecule has 0 unspecified atom stereocenters. The van der Waals surface area contributed by atoms with Gasteiger partial charge in [-0.15, -0.1) is 0 Å². The highest BCUT2D eigenvalue weighted by Gasteiger charge is 2.02. The van der Waals surface area contributed by atoms with Gasteiger partial charge in [0.25, 0.3) is 0 Å². The van der Waals surface area contributed by atoms with E-state index in [9.17, 15) is 4.79 Å². The molecule has 1 aromatic carbocycles. The minimum absolute atomic E-state index is 0.271. The summed E-state index contributed by atoms with van der Waals surface area (Å²) in [7, 11) is 0. The van der Waals surface area contributed by atoms with Crippen LogP contribution >= 0.6 is 11.6 Å². The first-order valence-electron chi connectivity index (χ1n) is 3.75. The molecule has 14 heavy (non-hydrogen) atoms. The second-order valence-corrected chi connectivity index (χ2v) is 2.87. The van der Waals surface area contributed by atoms with Gasteiger partial charge in [0.05, 0.1) is 10.6 Å². The summed E-state index contributed by atoms with van der Waals surface area (Å²) < 4.78 is 0. The highest BCUT2D eigenvalue weighted by atomic mass is 35.5. The lowest BCUT2D eigenvalue weighted by molar-refractivity contribution is -0.131. The molecule has 0 saturated heterocycles. The van der Waals surface area contributed by atoms with Crippen molar-refractivity contribution >= 4 is 23.6 Å². The van der Waals surface area contributed by atoms with Gasteiger partial charge in [-0.2, -0.15) is 5.26 Å². The van der Waals surface area contributed by atoms with Gasteiger partial charge in [0.2, 0.25) is 0 Å². The van der Waals surface area contributed by atoms with Crippen LogP contribution in [0.2, 0.25) is 5.02 Å². The average molecular weight is 208 g/mol. The highest BCUT2D eigenvalue weighted by molar-refractivity contribution is 6.33. The molecule has 0 spiro atoms. The van der Waals surface area contributed by atoms with Crippen LogP contribution in [-0.4, -0.2) is 11.1 Å². The van der Waals surface area contributed by atoms with Crippen LogP contribution in [0.15, 0.2) is 24.3 Å². The Balaban J connectivity index is 3.12. The average Bonchev–Trinajstić information content (AvgIpc) is 2.16. The van der Waals surface area contributed by atoms with E-state index in [0.717, 1.165) is 6.08 Å². The molecule has 0 bridgehead atoms. The van der Waals surface area contributed by atoms with Gasteiger partial charge < -0.3 is 5.11 Å². The summed E-state index contributed by atoms with van der Waals surface area (Å²) in [5.74, 6) is -1.05. The van der Waals surface area contributed by atoms with Crippen LogP contribution in [0.1, 0.15) is 11.1 Å². The van der Waals surface area contributed by atoms with Crippen molar-refractivity contribution in [2.45, 2.75) is 0 Å². The number of rotatable bonds is 2. The molecule has 0 amide bonds. The largest absolute Gasteiger partial charge is 0.478 e. The van der Waals surface area contributed by atoms with Crippen molar-refractivity contribution in [1.82, 2.24) is 0 Å². The van der Waals surface area contributed by atoms with Crippen LogP contribution in [0.3, 0.4) is 0 Å². The Labute approximate surface area is 85.9 Å². The number of hydrogen-bond acceptors (Lipinski definition) is 2. The molecule has 1 rings (SSSR count). The van der Waals surface area contributed by atoms with Crippen molar-refractivity contribution in [2.75, 3.05) is 0 Å². The summed E-state index contributed by atoms with van der Waals surface area (Å²) in [6, 6.07) is 6.77. The van der Waals surface area contributed by atoms with Crippen LogP contribution in [-0.2, 0) is 4.79 Å². The molecule has 0 radical (unpaired) electrons. The molecule has 1 aromatic rings. The van der Waals surface area contributed by atoms with Crippen LogP contribution < -0.4 is 0 Å². The Morgan fingerprint density at radius 1 is 1.57 bits per heavy atom. The van der Waals surface area contributed by atoms with E-state index in [-0.39, 0.29) is 5.02 Å². The predicted octanol–water partition coefficient (Wildman–Crippen LogP) is 2.31. The summed E-state index contributed by atoms with van der Waals surface area (Å²) in [5, 5.41) is 17.3. The number of benzene rings is 1. The molecule has 0 atom stereocenters. The topological polar surface area (TPSA) is 61.1 Å². The van der Waals surface area contributed by atoms with Crippen molar-refractivity contribution in [1.29, 1.82) is 5.26 Å². The van der Waals surface area contributed by atoms with Gasteiger partial charge in [-0.05, 0) is 17.7 Å². The minimum Gasteiger partial charge on any atom is -0.478 e. The lowest BCUT2D eigenvalue weighted by Gasteiger charge is -1.98. The second-order valence-electron chi connectivity index (χ2n) is 2.49. The number of carboxylic acids is 1. The van der Waals surface area contributed by atoms with Crippen LogP contribution in [0.4, 0.5) is 0 Å². The molecule has 0 saturated carbocycles. The summed E-state index contributed by atoms with van der Waals surface area (Å²) in [4.78, 5) is 10.2. The minimum atomic E-state index is -1.05. The van der Waals surface area contributed by atoms with E-state index in [1.807, 2.05) is 6.07 Å². The maximum absolute atomic E-state index is 10.2. The van der Waals surface area contributed by atoms with E-state index >= 15 is 0 Å². The molecule has 1 N–H and O–H groups in total. The third-order valence-electron chi connectivity index (χ3n) is 1.55. The molecule has 4 heteroatoms. The van der Waals surface area contributed by atoms with Crippen molar-refractivity contribution in [3.63, 3.8) is 0 Å². The lowest BCUT2D eigenvalue weighted by Crippen LogP contribution is -1.87. The van der Waals surface area contributed by atoms with Crippen LogP contribution in [0, 0.1) is 11.3 Å². The standard InChI is InChI=1S/C10H6ClNO2/c11-10-7(4-5-9(13)14)2-1-3-8(10)6-12/h1-5H,(H,13,14)/b5-4+. The Hall–Kier alpha value is -1.79. The Morgan fingerprint density at radius 2 is 2.29 bits per heavy atom. The van der Waals surface area contributed by atoms with Gasteiger partial charge in [-0.25, -0.2) is 4.79 Å². The number of hydrogen-bond donors (Lipinski definition) is 1. The monoisotopic (exact) mass is 207 g/mol. The third-order valence-corrected chi connectivity index (χ3v) is 1.98. The predicted molar refractivity (Wildman–Crippen MR) is 52.8 cm³/mol. The summed E-state index contributed by atoms with van der Waals surface area (Å²) >= 11 is 5.83. The van der Waals surface area contributed by atoms with E-state index in [1.165, 1.54) is 6.08 Å². The third kappa shape index (κ3) is 2.35. The van der Waals surface area contributed by atoms with Crippen molar-refractivity contribution in [3.05, 3.63) is 40.4 Å². The molecular weight excluding hydrogens is 202 g/mol. The first-order valence-corrected chi connectivity index (χ1v) is 4.12. The fraction of sp³-hybridized carbons (Fsp3) is 0. The number of carbonyl (C=O) groups is 1. The Morgan fingerprint density at radius 3 is 2.86 bits per heavy atom. The van der Waals surface area contributed by atoms with Gasteiger partial charge in [-0.1, -0.05) is 23.7 Å². The smallest absolute Gasteiger partial charge is 0.328 e. The molecule has 0 heterocycles. The molecule has 0 aliphatic rings. The maximum atomic E-state index is 10.2. The van der Waals surface area contributed by atoms with Gasteiger partial charge in [0, 0.05) is 6.08 Å². The van der Waals surface area contributed by atoms with E-state index in [0.29, 0.717) is 11.1 Å². The molecule has 70 valence electrons. The molecule has 0 fully saturated rings. The summed E-state index contributed by atoms with van der Waals surface area (Å²) in [6.45, 7) is 0. The van der Waals surface area contributed by atoms with Crippen LogP contribution in [0.5, 0.6) is 0 Å². The van der Waals surface area contributed by atoms with Crippen molar-refractivity contribution in [3.8, 4) is 6.07 Å². The molecular formula is C10H6ClNO2. The number of nitrogens with zero attached hydrogens (tertiary/aromatic N) is 1. The SMILES string of the molecule is N#Cc1cccc(/C=C/C(=O)O)c1Cl. The highest BCUT2D eigenvalue weighted by Crippen LogP contribution is 2.21. The van der Waals surface area contributed by atoms with Gasteiger partial charge in [0.1, 0.15) is 6.07 Å². The fourth-order valence-corrected chi connectivity index (χ4v) is 1.16. The van der Waals surface area contributed by atoms with E-state index in [2.05, 4.69) is 0 Å². The zero-order valence-electron chi connectivity index (χ0n) is 7.07. The van der Waals surface area contributed by atoms with Crippen LogP contribution in [0.25, 0.3) is 6.08 Å². The lowest BCUT2D eigenvalue weighted by atomic mass is 10.1. The zero-order chi connectivity index (χ0) is 10.6. The Bertz CT molecular complexity index is 432. The number of aliphatic carboxylic acids is 1. The van der Waals surface area contributed by atoms with Gasteiger partial charge >= 0.3 is 5.97 Å². The summed E-state index contributed by atoms with van der Waals surface area (Å²) in [6.07, 6.45) is 2.33. The quantitative estimate of drug-likeness (QED) is 0.757. The molecule has 0 aliphatic carbocycles. The van der Waals surface area contributed by atoms with E-state index in [1.54, 1.807) is 18.2 Å². The molecule has 3 nitrogen and oxygen atoms in total. The number of nitriles is 1. The first kappa shape index (κ1) is 10.3. The Kier molecular flexibility index (Phi) is 3.27. The molecule has 0 aromatic heterocycles. The number of halogens is 1. The maximum Gasteiger partial charge on any atom is 0.328 e. The van der Waals surface area contributed by atoms with Crippen molar-refractivity contribution in [2.24, 2.45) is 0 Å². The summed E-state index contributed by atoms with van der Waals surface area (Å²) in [5.41, 5.74) is 0.854. The second kappa shape index (κ2) is 4.45. The first-order chi connectivity index (χ1) is 6.65. The normalized spacial score (nSPS) is 10.0. The van der Waals surface area contributed by atoms with E-state index < -0.39 is 5.97 Å². The van der Waals surface area contributed by atoms with E-state index in [4.69, 9.17) is 22.0 Å². The molecule has 0 aliphatic heterocycles. The van der Waals surface area contributed by atoms with Crippen molar-refractivity contribution < 1.29 is 9.90 Å². The van der Waals surface area contributed by atoms with Gasteiger partial charge in [0.15, 0.2) is 0 Å².